The van der Waals surface area contributed by atoms with E-state index in [1.54, 1.807) is 42.5 Å². The van der Waals surface area contributed by atoms with Gasteiger partial charge in [-0.15, -0.1) is 0 Å². The quantitative estimate of drug-likeness (QED) is 0.253. The van der Waals surface area contributed by atoms with Crippen molar-refractivity contribution >= 4 is 63.5 Å². The molecule has 0 unspecified atom stereocenters. The van der Waals surface area contributed by atoms with Crippen molar-refractivity contribution in [1.82, 2.24) is 0 Å². The van der Waals surface area contributed by atoms with Crippen molar-refractivity contribution in [2.75, 3.05) is 16.8 Å². The fourth-order valence-electron chi connectivity index (χ4n) is 3.47. The van der Waals surface area contributed by atoms with Crippen LogP contribution in [0.15, 0.2) is 71.6 Å². The molecule has 182 valence electrons. The molecule has 6 nitrogen and oxygen atoms in total. The monoisotopic (exact) mass is 516 g/mol. The van der Waals surface area contributed by atoms with Crippen LogP contribution >= 0.6 is 24.0 Å². The van der Waals surface area contributed by atoms with Gasteiger partial charge < -0.3 is 10.1 Å². The van der Waals surface area contributed by atoms with Crippen molar-refractivity contribution in [3.8, 4) is 0 Å². The lowest BCUT2D eigenvalue weighted by Gasteiger charge is -2.15. The third-order valence-corrected chi connectivity index (χ3v) is 6.96. The minimum absolute atomic E-state index is 0.184. The minimum atomic E-state index is -0.610. The molecule has 0 aliphatic carbocycles. The van der Waals surface area contributed by atoms with Gasteiger partial charge in [0.2, 0.25) is 0 Å². The number of esters is 1. The van der Waals surface area contributed by atoms with E-state index in [4.69, 9.17) is 17.0 Å². The second kappa shape index (κ2) is 10.9. The number of thioether (sulfide) groups is 1. The Balaban J connectivity index is 1.37. The summed E-state index contributed by atoms with van der Waals surface area (Å²) < 4.78 is 5.59. The molecular weight excluding hydrogens is 492 g/mol. The van der Waals surface area contributed by atoms with Crippen LogP contribution in [0, 0.1) is 20.8 Å². The van der Waals surface area contributed by atoms with E-state index in [0.717, 1.165) is 27.9 Å². The van der Waals surface area contributed by atoms with Crippen molar-refractivity contribution in [2.24, 2.45) is 0 Å². The summed E-state index contributed by atoms with van der Waals surface area (Å²) in [4.78, 5) is 39.5. The average Bonchev–Trinajstić information content (AvgIpc) is 3.13. The molecular formula is C28H24N2O4S2. The maximum Gasteiger partial charge on any atom is 0.338 e. The van der Waals surface area contributed by atoms with E-state index in [9.17, 15) is 14.4 Å². The molecule has 36 heavy (non-hydrogen) atoms. The number of ether oxygens (including phenoxy) is 1. The summed E-state index contributed by atoms with van der Waals surface area (Å²) in [5.74, 6) is -1.22. The first-order valence-electron chi connectivity index (χ1n) is 11.2. The van der Waals surface area contributed by atoms with E-state index < -0.39 is 18.5 Å². The maximum absolute atomic E-state index is 13.0. The zero-order valence-corrected chi connectivity index (χ0v) is 21.7. The molecule has 3 aromatic carbocycles. The molecule has 0 radical (unpaired) electrons. The maximum atomic E-state index is 13.0. The summed E-state index contributed by atoms with van der Waals surface area (Å²) in [5, 5.41) is 2.68. The lowest BCUT2D eigenvalue weighted by Crippen LogP contribution is -2.27. The highest BCUT2D eigenvalue weighted by Gasteiger charge is 2.33. The number of anilines is 2. The number of rotatable bonds is 6. The predicted molar refractivity (Wildman–Crippen MR) is 148 cm³/mol. The molecule has 0 bridgehead atoms. The van der Waals surface area contributed by atoms with E-state index in [-0.39, 0.29) is 5.91 Å². The summed E-state index contributed by atoms with van der Waals surface area (Å²) in [6.45, 7) is 5.57. The van der Waals surface area contributed by atoms with E-state index in [2.05, 4.69) is 5.32 Å². The first-order valence-corrected chi connectivity index (χ1v) is 12.4. The van der Waals surface area contributed by atoms with Crippen molar-refractivity contribution in [2.45, 2.75) is 20.8 Å². The first-order chi connectivity index (χ1) is 17.2. The van der Waals surface area contributed by atoms with Crippen LogP contribution in [0.5, 0.6) is 0 Å². The summed E-state index contributed by atoms with van der Waals surface area (Å²) in [5.41, 5.74) is 5.73. The molecule has 0 saturated carbocycles. The molecule has 1 aliphatic heterocycles. The molecule has 1 heterocycles. The van der Waals surface area contributed by atoms with Gasteiger partial charge in [0.05, 0.1) is 16.2 Å². The zero-order chi connectivity index (χ0) is 25.8. The highest BCUT2D eigenvalue weighted by atomic mass is 32.2. The van der Waals surface area contributed by atoms with Crippen molar-refractivity contribution in [1.29, 1.82) is 0 Å². The van der Waals surface area contributed by atoms with Gasteiger partial charge in [-0.1, -0.05) is 59.9 Å². The summed E-state index contributed by atoms with van der Waals surface area (Å²) in [7, 11) is 0. The van der Waals surface area contributed by atoms with Gasteiger partial charge in [0.1, 0.15) is 0 Å². The third kappa shape index (κ3) is 5.90. The Hall–Kier alpha value is -3.75. The minimum Gasteiger partial charge on any atom is -0.452 e. The van der Waals surface area contributed by atoms with Crippen LogP contribution in [-0.2, 0) is 14.3 Å². The molecule has 3 aromatic rings. The van der Waals surface area contributed by atoms with Gasteiger partial charge >= 0.3 is 5.97 Å². The number of carbonyl (C=O) groups excluding carboxylic acids is 3. The highest BCUT2D eigenvalue weighted by molar-refractivity contribution is 8.27. The van der Waals surface area contributed by atoms with Crippen LogP contribution in [0.1, 0.15) is 32.6 Å². The number of benzene rings is 3. The highest BCUT2D eigenvalue weighted by Crippen LogP contribution is 2.36. The lowest BCUT2D eigenvalue weighted by molar-refractivity contribution is -0.119. The summed E-state index contributed by atoms with van der Waals surface area (Å²) in [6, 6.07) is 19.7. The number of nitrogens with zero attached hydrogens (tertiary/aromatic N) is 1. The SMILES string of the molecule is Cc1ccc(NC(=O)COC(=O)c2ccc(/C=C3\SC(=S)N(c4ccc(C)c(C)c4)C3=O)cc2)cc1. The second-order valence-corrected chi connectivity index (χ2v) is 10.1. The molecule has 0 spiro atoms. The van der Waals surface area contributed by atoms with Crippen molar-refractivity contribution in [3.05, 3.63) is 99.5 Å². The topological polar surface area (TPSA) is 75.7 Å². The molecule has 1 N–H and O–H groups in total. The van der Waals surface area contributed by atoms with Gasteiger partial charge in [0.15, 0.2) is 10.9 Å². The molecule has 2 amide bonds. The van der Waals surface area contributed by atoms with Crippen LogP contribution in [0.25, 0.3) is 6.08 Å². The number of carbonyl (C=O) groups is 3. The van der Waals surface area contributed by atoms with Gasteiger partial charge in [0.25, 0.3) is 11.8 Å². The second-order valence-electron chi connectivity index (χ2n) is 8.40. The number of aryl methyl sites for hydroxylation is 3. The summed E-state index contributed by atoms with van der Waals surface area (Å²) >= 11 is 6.69. The first kappa shape index (κ1) is 25.3. The van der Waals surface area contributed by atoms with E-state index >= 15 is 0 Å². The number of hydrogen-bond acceptors (Lipinski definition) is 6. The Morgan fingerprint density at radius 3 is 2.33 bits per heavy atom. The van der Waals surface area contributed by atoms with Gasteiger partial charge in [-0.3, -0.25) is 14.5 Å². The molecule has 4 rings (SSSR count). The number of nitrogens with one attached hydrogen (secondary N) is 1. The van der Waals surface area contributed by atoms with Gasteiger partial charge in [-0.25, -0.2) is 4.79 Å². The fraction of sp³-hybridized carbons (Fsp3) is 0.143. The van der Waals surface area contributed by atoms with Gasteiger partial charge in [-0.2, -0.15) is 0 Å². The Bertz CT molecular complexity index is 1380. The molecule has 0 atom stereocenters. The molecule has 1 fully saturated rings. The van der Waals surface area contributed by atoms with Crippen LogP contribution in [-0.4, -0.2) is 28.7 Å². The standard InChI is InChI=1S/C28H24N2O4S2/c1-17-4-11-22(12-5-17)29-25(31)16-34-27(33)21-9-7-20(8-10-21)15-24-26(32)30(28(35)36-24)23-13-6-18(2)19(3)14-23/h4-15H,16H2,1-3H3,(H,29,31)/b24-15-. The van der Waals surface area contributed by atoms with Crippen LogP contribution in [0.4, 0.5) is 11.4 Å². The lowest BCUT2D eigenvalue weighted by atomic mass is 10.1. The average molecular weight is 517 g/mol. The zero-order valence-electron chi connectivity index (χ0n) is 20.0. The van der Waals surface area contributed by atoms with E-state index in [0.29, 0.717) is 20.5 Å². The van der Waals surface area contributed by atoms with Gasteiger partial charge in [-0.05, 0) is 79.9 Å². The fourth-order valence-corrected chi connectivity index (χ4v) is 4.77. The van der Waals surface area contributed by atoms with Gasteiger partial charge in [0, 0.05) is 5.69 Å². The molecule has 8 heteroatoms. The number of amides is 2. The van der Waals surface area contributed by atoms with Crippen LogP contribution < -0.4 is 10.2 Å². The van der Waals surface area contributed by atoms with Crippen molar-refractivity contribution < 1.29 is 19.1 Å². The van der Waals surface area contributed by atoms with Crippen LogP contribution in [0.3, 0.4) is 0 Å². The van der Waals surface area contributed by atoms with Crippen molar-refractivity contribution in [3.63, 3.8) is 0 Å². The molecule has 1 aliphatic rings. The Labute approximate surface area is 219 Å². The molecule has 1 saturated heterocycles. The largest absolute Gasteiger partial charge is 0.452 e. The van der Waals surface area contributed by atoms with E-state index in [1.807, 2.05) is 51.1 Å². The molecule has 0 aromatic heterocycles. The number of thiocarbonyl (C=S) groups is 1. The Morgan fingerprint density at radius 1 is 0.972 bits per heavy atom. The smallest absolute Gasteiger partial charge is 0.338 e. The van der Waals surface area contributed by atoms with Crippen LogP contribution in [0.2, 0.25) is 0 Å². The Kier molecular flexibility index (Phi) is 7.67. The summed E-state index contributed by atoms with van der Waals surface area (Å²) in [6.07, 6.45) is 1.74. The predicted octanol–water partition coefficient (Wildman–Crippen LogP) is 5.81. The van der Waals surface area contributed by atoms with E-state index in [1.165, 1.54) is 16.7 Å². The normalized spacial score (nSPS) is 14.3. The number of hydrogen-bond donors (Lipinski definition) is 1. The Morgan fingerprint density at radius 2 is 1.67 bits per heavy atom. The third-order valence-electron chi connectivity index (χ3n) is 5.66.